The fourth-order valence-electron chi connectivity index (χ4n) is 4.46. The second-order valence-corrected chi connectivity index (χ2v) is 6.60. The van der Waals surface area contributed by atoms with Crippen LogP contribution in [0.3, 0.4) is 0 Å². The van der Waals surface area contributed by atoms with Crippen LogP contribution in [0, 0.1) is 29.1 Å². The quantitative estimate of drug-likeness (QED) is 0.590. The van der Waals surface area contributed by atoms with Crippen molar-refractivity contribution in [3.05, 3.63) is 36.4 Å². The van der Waals surface area contributed by atoms with Crippen molar-refractivity contribution in [2.24, 2.45) is 29.1 Å². The maximum absolute atomic E-state index is 12.6. The largest absolute Gasteiger partial charge is 0.508 e. The highest BCUT2D eigenvalue weighted by molar-refractivity contribution is 5.96. The second kappa shape index (κ2) is 4.35. The lowest BCUT2D eigenvalue weighted by molar-refractivity contribution is -0.146. The summed E-state index contributed by atoms with van der Waals surface area (Å²) in [6.07, 6.45) is 6.07. The molecule has 1 spiro atoms. The Bertz CT molecular complexity index is 674. The molecule has 114 valence electrons. The fourth-order valence-corrected chi connectivity index (χ4v) is 4.46. The zero-order valence-electron chi connectivity index (χ0n) is 11.9. The zero-order chi connectivity index (χ0) is 15.5. The van der Waals surface area contributed by atoms with Gasteiger partial charge in [0.1, 0.15) is 5.75 Å². The third-order valence-corrected chi connectivity index (χ3v) is 5.56. The summed E-state index contributed by atoms with van der Waals surface area (Å²) in [7, 11) is 0. The molecule has 1 aromatic rings. The van der Waals surface area contributed by atoms with Crippen molar-refractivity contribution in [2.45, 2.75) is 12.8 Å². The topological polar surface area (TPSA) is 86.6 Å². The number of aliphatic carboxylic acids is 1. The molecule has 3 N–H and O–H groups in total. The number of benzene rings is 1. The number of carboxylic acids is 1. The van der Waals surface area contributed by atoms with Crippen LogP contribution in [0.2, 0.25) is 0 Å². The van der Waals surface area contributed by atoms with Crippen LogP contribution in [0.15, 0.2) is 36.4 Å². The number of aromatic hydroxyl groups is 1. The Kier molecular flexibility index (Phi) is 2.64. The molecular formula is C17H17NO4. The molecule has 2 fully saturated rings. The number of carboxylic acid groups (broad SMARTS) is 1. The van der Waals surface area contributed by atoms with Crippen LogP contribution in [0.25, 0.3) is 0 Å². The predicted molar refractivity (Wildman–Crippen MR) is 79.1 cm³/mol. The summed E-state index contributed by atoms with van der Waals surface area (Å²) in [5, 5.41) is 21.6. The van der Waals surface area contributed by atoms with Crippen molar-refractivity contribution in [3.63, 3.8) is 0 Å². The van der Waals surface area contributed by atoms with Gasteiger partial charge in [-0.2, -0.15) is 0 Å². The van der Waals surface area contributed by atoms with E-state index in [1.165, 1.54) is 12.1 Å². The van der Waals surface area contributed by atoms with Gasteiger partial charge in [0.2, 0.25) is 5.91 Å². The maximum Gasteiger partial charge on any atom is 0.307 e. The Morgan fingerprint density at radius 1 is 1.05 bits per heavy atom. The van der Waals surface area contributed by atoms with E-state index in [2.05, 4.69) is 5.32 Å². The number of amides is 1. The molecule has 5 nitrogen and oxygen atoms in total. The highest BCUT2D eigenvalue weighted by Gasteiger charge is 2.70. The average molecular weight is 299 g/mol. The highest BCUT2D eigenvalue weighted by atomic mass is 16.4. The third-order valence-electron chi connectivity index (χ3n) is 5.56. The van der Waals surface area contributed by atoms with Gasteiger partial charge in [-0.15, -0.1) is 0 Å². The molecule has 5 heteroatoms. The van der Waals surface area contributed by atoms with Crippen LogP contribution < -0.4 is 5.32 Å². The molecule has 0 aromatic heterocycles. The standard InChI is InChI=1S/C17H17NO4/c19-10-3-1-9(2-4-10)18-15(20)13-11-5-6-12(14(13)16(21)22)17(11)7-8-17/h1-6,11-14,19H,7-8H2,(H,18,20)(H,21,22). The zero-order valence-corrected chi connectivity index (χ0v) is 11.9. The molecule has 4 unspecified atom stereocenters. The number of phenols is 1. The summed E-state index contributed by atoms with van der Waals surface area (Å²) in [4.78, 5) is 24.3. The Balaban J connectivity index is 1.60. The summed E-state index contributed by atoms with van der Waals surface area (Å²) < 4.78 is 0. The third kappa shape index (κ3) is 1.71. The monoisotopic (exact) mass is 299 g/mol. The normalized spacial score (nSPS) is 33.1. The first kappa shape index (κ1) is 13.4. The van der Waals surface area contributed by atoms with Crippen molar-refractivity contribution in [1.29, 1.82) is 0 Å². The van der Waals surface area contributed by atoms with E-state index in [1.807, 2.05) is 12.2 Å². The van der Waals surface area contributed by atoms with E-state index in [1.54, 1.807) is 12.1 Å². The van der Waals surface area contributed by atoms with Crippen LogP contribution in [0.1, 0.15) is 12.8 Å². The molecule has 2 bridgehead atoms. The Labute approximate surface area is 127 Å². The van der Waals surface area contributed by atoms with Gasteiger partial charge in [0.05, 0.1) is 11.8 Å². The molecule has 1 aromatic carbocycles. The molecule has 0 saturated heterocycles. The van der Waals surface area contributed by atoms with E-state index in [0.29, 0.717) is 5.69 Å². The summed E-state index contributed by atoms with van der Waals surface area (Å²) in [6, 6.07) is 6.21. The second-order valence-electron chi connectivity index (χ2n) is 6.60. The summed E-state index contributed by atoms with van der Waals surface area (Å²) in [5.41, 5.74) is 0.601. The van der Waals surface area contributed by atoms with Gasteiger partial charge in [0, 0.05) is 5.69 Å². The lowest BCUT2D eigenvalue weighted by Crippen LogP contribution is -2.36. The van der Waals surface area contributed by atoms with Gasteiger partial charge in [-0.05, 0) is 54.4 Å². The van der Waals surface area contributed by atoms with Crippen molar-refractivity contribution < 1.29 is 19.8 Å². The van der Waals surface area contributed by atoms with Gasteiger partial charge in [0.25, 0.3) is 0 Å². The van der Waals surface area contributed by atoms with Gasteiger partial charge >= 0.3 is 5.97 Å². The molecule has 0 aliphatic heterocycles. The summed E-state index contributed by atoms with van der Waals surface area (Å²) in [5.74, 6) is -2.10. The number of carbonyl (C=O) groups is 2. The van der Waals surface area contributed by atoms with E-state index in [0.717, 1.165) is 12.8 Å². The molecule has 4 atom stereocenters. The van der Waals surface area contributed by atoms with Crippen LogP contribution in [-0.4, -0.2) is 22.1 Å². The molecule has 0 heterocycles. The number of hydrogen-bond acceptors (Lipinski definition) is 3. The number of nitrogens with one attached hydrogen (secondary N) is 1. The van der Waals surface area contributed by atoms with Gasteiger partial charge in [0.15, 0.2) is 0 Å². The lowest BCUT2D eigenvalue weighted by Gasteiger charge is -2.23. The Morgan fingerprint density at radius 3 is 2.18 bits per heavy atom. The average Bonchev–Trinajstić information content (AvgIpc) is 3.15. The first-order chi connectivity index (χ1) is 10.5. The van der Waals surface area contributed by atoms with E-state index < -0.39 is 17.8 Å². The number of carbonyl (C=O) groups excluding carboxylic acids is 1. The molecule has 3 aliphatic rings. The van der Waals surface area contributed by atoms with Gasteiger partial charge in [-0.25, -0.2) is 0 Å². The predicted octanol–water partition coefficient (Wildman–Crippen LogP) is 2.24. The van der Waals surface area contributed by atoms with E-state index in [4.69, 9.17) is 0 Å². The van der Waals surface area contributed by atoms with Crippen molar-refractivity contribution >= 4 is 17.6 Å². The number of hydrogen-bond donors (Lipinski definition) is 3. The highest BCUT2D eigenvalue weighted by Crippen LogP contribution is 2.72. The van der Waals surface area contributed by atoms with Crippen LogP contribution in [-0.2, 0) is 9.59 Å². The molecule has 2 saturated carbocycles. The minimum Gasteiger partial charge on any atom is -0.508 e. The van der Waals surface area contributed by atoms with Gasteiger partial charge in [-0.3, -0.25) is 9.59 Å². The van der Waals surface area contributed by atoms with Gasteiger partial charge < -0.3 is 15.5 Å². The first-order valence-corrected chi connectivity index (χ1v) is 7.54. The SMILES string of the molecule is O=C(O)C1C(C(=O)Nc2ccc(O)cc2)C2C=CC1C21CC1. The van der Waals surface area contributed by atoms with E-state index in [9.17, 15) is 19.8 Å². The van der Waals surface area contributed by atoms with E-state index in [-0.39, 0.29) is 28.9 Å². The van der Waals surface area contributed by atoms with Crippen molar-refractivity contribution in [1.82, 2.24) is 0 Å². The summed E-state index contributed by atoms with van der Waals surface area (Å²) in [6.45, 7) is 0. The molecule has 22 heavy (non-hydrogen) atoms. The number of phenolic OH excluding ortho intramolecular Hbond substituents is 1. The Hall–Kier alpha value is -2.30. The van der Waals surface area contributed by atoms with Gasteiger partial charge in [-0.1, -0.05) is 12.2 Å². The number of anilines is 1. The van der Waals surface area contributed by atoms with Crippen molar-refractivity contribution in [3.8, 4) is 5.75 Å². The maximum atomic E-state index is 12.6. The van der Waals surface area contributed by atoms with Crippen molar-refractivity contribution in [2.75, 3.05) is 5.32 Å². The first-order valence-electron chi connectivity index (χ1n) is 7.54. The van der Waals surface area contributed by atoms with Crippen LogP contribution in [0.4, 0.5) is 5.69 Å². The smallest absolute Gasteiger partial charge is 0.307 e. The molecule has 3 aliphatic carbocycles. The molecule has 4 rings (SSSR count). The minimum absolute atomic E-state index is 0.00873. The molecule has 1 amide bonds. The Morgan fingerprint density at radius 2 is 1.64 bits per heavy atom. The molecular weight excluding hydrogens is 282 g/mol. The van der Waals surface area contributed by atoms with E-state index >= 15 is 0 Å². The number of rotatable bonds is 3. The molecule has 0 radical (unpaired) electrons. The fraction of sp³-hybridized carbons (Fsp3) is 0.412. The lowest BCUT2D eigenvalue weighted by atomic mass is 9.82. The minimum atomic E-state index is -0.881. The summed E-state index contributed by atoms with van der Waals surface area (Å²) >= 11 is 0. The number of allylic oxidation sites excluding steroid dienone is 2. The van der Waals surface area contributed by atoms with Crippen LogP contribution in [0.5, 0.6) is 5.75 Å². The van der Waals surface area contributed by atoms with Crippen LogP contribution >= 0.6 is 0 Å².